The highest BCUT2D eigenvalue weighted by molar-refractivity contribution is 5.99. The molecular weight excluding hydrogens is 248 g/mol. The number of nitrogens with one attached hydrogen (secondary N) is 1. The predicted octanol–water partition coefficient (Wildman–Crippen LogP) is 0.0532. The fourth-order valence-corrected chi connectivity index (χ4v) is 1.98. The van der Waals surface area contributed by atoms with Gasteiger partial charge in [0, 0.05) is 17.7 Å². The van der Waals surface area contributed by atoms with Gasteiger partial charge in [-0.3, -0.25) is 24.6 Å². The molecule has 2 amide bonds. The van der Waals surface area contributed by atoms with Gasteiger partial charge in [-0.05, 0) is 25.1 Å². The van der Waals surface area contributed by atoms with Gasteiger partial charge in [0.1, 0.15) is 5.75 Å². The second-order valence-corrected chi connectivity index (χ2v) is 4.52. The molecule has 100 valence electrons. The Labute approximate surface area is 110 Å². The Kier molecular flexibility index (Phi) is 3.62. The second kappa shape index (κ2) is 5.19. The van der Waals surface area contributed by atoms with Gasteiger partial charge in [-0.1, -0.05) is 0 Å². The van der Waals surface area contributed by atoms with Crippen LogP contribution in [-0.4, -0.2) is 40.7 Å². The number of ketones is 1. The van der Waals surface area contributed by atoms with Gasteiger partial charge in [-0.2, -0.15) is 0 Å². The van der Waals surface area contributed by atoms with Crippen LogP contribution >= 0.6 is 0 Å². The minimum absolute atomic E-state index is 0.0448. The third kappa shape index (κ3) is 3.17. The van der Waals surface area contributed by atoms with E-state index in [9.17, 15) is 19.5 Å². The summed E-state index contributed by atoms with van der Waals surface area (Å²) in [5, 5.41) is 12.0. The summed E-state index contributed by atoms with van der Waals surface area (Å²) in [6.07, 6.45) is 0. The zero-order chi connectivity index (χ0) is 14.0. The summed E-state index contributed by atoms with van der Waals surface area (Å²) in [4.78, 5) is 35.4. The van der Waals surface area contributed by atoms with Crippen LogP contribution in [0.25, 0.3) is 0 Å². The lowest BCUT2D eigenvalue weighted by atomic mass is 10.1. The van der Waals surface area contributed by atoms with E-state index in [1.54, 1.807) is 11.0 Å². The van der Waals surface area contributed by atoms with Crippen molar-refractivity contribution in [2.45, 2.75) is 13.5 Å². The van der Waals surface area contributed by atoms with Crippen molar-refractivity contribution in [2.24, 2.45) is 0 Å². The molecule has 0 aliphatic carbocycles. The number of Topliss-reactive ketones (excluding diaryl/α,β-unsaturated/α-hetero) is 1. The van der Waals surface area contributed by atoms with Gasteiger partial charge in [0.25, 0.3) is 0 Å². The molecule has 2 rings (SSSR count). The number of carbonyl (C=O) groups is 3. The molecule has 0 aromatic heterocycles. The van der Waals surface area contributed by atoms with E-state index in [1.807, 2.05) is 0 Å². The molecule has 6 heteroatoms. The molecule has 6 nitrogen and oxygen atoms in total. The van der Waals surface area contributed by atoms with Crippen molar-refractivity contribution in [1.82, 2.24) is 10.2 Å². The lowest BCUT2D eigenvalue weighted by Gasteiger charge is -2.25. The zero-order valence-electron chi connectivity index (χ0n) is 10.5. The lowest BCUT2D eigenvalue weighted by Crippen LogP contribution is -2.50. The minimum Gasteiger partial charge on any atom is -0.508 e. The second-order valence-electron chi connectivity index (χ2n) is 4.52. The Morgan fingerprint density at radius 3 is 2.53 bits per heavy atom. The van der Waals surface area contributed by atoms with Crippen LogP contribution in [-0.2, 0) is 16.1 Å². The molecule has 1 heterocycles. The number of imide groups is 1. The molecule has 1 aliphatic rings. The van der Waals surface area contributed by atoms with Crippen LogP contribution in [0.15, 0.2) is 18.2 Å². The van der Waals surface area contributed by atoms with Gasteiger partial charge in [0.2, 0.25) is 11.8 Å². The highest BCUT2D eigenvalue weighted by Gasteiger charge is 2.23. The van der Waals surface area contributed by atoms with Gasteiger partial charge in [0.05, 0.1) is 13.1 Å². The predicted molar refractivity (Wildman–Crippen MR) is 66.5 cm³/mol. The number of hydrogen-bond acceptors (Lipinski definition) is 5. The number of amides is 2. The largest absolute Gasteiger partial charge is 0.508 e. The first kappa shape index (κ1) is 13.2. The summed E-state index contributed by atoms with van der Waals surface area (Å²) in [5.41, 5.74) is 1.01. The van der Waals surface area contributed by atoms with E-state index in [0.717, 1.165) is 0 Å². The molecular formula is C13H14N2O4. The number of aromatic hydroxyl groups is 1. The van der Waals surface area contributed by atoms with E-state index in [2.05, 4.69) is 5.32 Å². The van der Waals surface area contributed by atoms with Gasteiger partial charge in [-0.25, -0.2) is 0 Å². The fraction of sp³-hybridized carbons (Fsp3) is 0.308. The molecule has 1 aromatic carbocycles. The maximum absolute atomic E-state index is 11.3. The number of piperazine rings is 1. The molecule has 0 spiro atoms. The Morgan fingerprint density at radius 1 is 1.32 bits per heavy atom. The van der Waals surface area contributed by atoms with E-state index in [0.29, 0.717) is 11.1 Å². The van der Waals surface area contributed by atoms with Crippen molar-refractivity contribution in [1.29, 1.82) is 0 Å². The Balaban J connectivity index is 2.18. The molecule has 2 N–H and O–H groups in total. The first-order chi connectivity index (χ1) is 8.95. The molecule has 19 heavy (non-hydrogen) atoms. The normalized spacial score (nSPS) is 16.3. The zero-order valence-corrected chi connectivity index (χ0v) is 10.5. The summed E-state index contributed by atoms with van der Waals surface area (Å²) in [5.74, 6) is -0.783. The van der Waals surface area contributed by atoms with Crippen LogP contribution in [0.2, 0.25) is 0 Å². The van der Waals surface area contributed by atoms with Crippen LogP contribution in [0.4, 0.5) is 0 Å². The van der Waals surface area contributed by atoms with E-state index in [-0.39, 0.29) is 43.0 Å². The third-order valence-corrected chi connectivity index (χ3v) is 2.89. The lowest BCUT2D eigenvalue weighted by molar-refractivity contribution is -0.136. The Bertz CT molecular complexity index is 538. The standard InChI is InChI=1S/C13H14N2O4/c1-8(16)9-2-3-11(17)10(4-9)5-15-6-12(18)14-13(19)7-15/h2-4,17H,5-7H2,1H3,(H,14,18,19). The molecule has 1 saturated heterocycles. The van der Waals surface area contributed by atoms with E-state index >= 15 is 0 Å². The summed E-state index contributed by atoms with van der Waals surface area (Å²) in [6, 6.07) is 4.56. The average Bonchev–Trinajstić information content (AvgIpc) is 2.30. The van der Waals surface area contributed by atoms with Gasteiger partial charge in [-0.15, -0.1) is 0 Å². The molecule has 1 fully saturated rings. The minimum atomic E-state index is -0.363. The number of rotatable bonds is 3. The quantitative estimate of drug-likeness (QED) is 0.594. The van der Waals surface area contributed by atoms with Crippen LogP contribution < -0.4 is 5.32 Å². The topological polar surface area (TPSA) is 86.7 Å². The van der Waals surface area contributed by atoms with Crippen LogP contribution in [0, 0.1) is 0 Å². The smallest absolute Gasteiger partial charge is 0.240 e. The number of hydrogen-bond donors (Lipinski definition) is 2. The molecule has 0 radical (unpaired) electrons. The maximum atomic E-state index is 11.3. The summed E-state index contributed by atoms with van der Waals surface area (Å²) in [7, 11) is 0. The van der Waals surface area contributed by atoms with Crippen molar-refractivity contribution in [3.05, 3.63) is 29.3 Å². The SMILES string of the molecule is CC(=O)c1ccc(O)c(CN2CC(=O)NC(=O)C2)c1. The Hall–Kier alpha value is -2.21. The van der Waals surface area contributed by atoms with Crippen molar-refractivity contribution in [3.63, 3.8) is 0 Å². The number of benzene rings is 1. The number of carbonyl (C=O) groups excluding carboxylic acids is 3. The molecule has 0 atom stereocenters. The first-order valence-electron chi connectivity index (χ1n) is 5.83. The highest BCUT2D eigenvalue weighted by atomic mass is 16.3. The summed E-state index contributed by atoms with van der Waals surface area (Å²) >= 11 is 0. The summed E-state index contributed by atoms with van der Waals surface area (Å²) in [6.45, 7) is 1.87. The summed E-state index contributed by atoms with van der Waals surface area (Å²) < 4.78 is 0. The number of phenolic OH excluding ortho intramolecular Hbond substituents is 1. The number of phenols is 1. The van der Waals surface area contributed by atoms with Crippen LogP contribution in [0.5, 0.6) is 5.75 Å². The molecule has 1 aliphatic heterocycles. The molecule has 0 unspecified atom stereocenters. The monoisotopic (exact) mass is 262 g/mol. The van der Waals surface area contributed by atoms with Crippen molar-refractivity contribution in [3.8, 4) is 5.75 Å². The van der Waals surface area contributed by atoms with Crippen molar-refractivity contribution in [2.75, 3.05) is 13.1 Å². The first-order valence-corrected chi connectivity index (χ1v) is 5.83. The third-order valence-electron chi connectivity index (χ3n) is 2.89. The maximum Gasteiger partial charge on any atom is 0.240 e. The van der Waals surface area contributed by atoms with Crippen LogP contribution in [0.1, 0.15) is 22.8 Å². The van der Waals surface area contributed by atoms with E-state index in [1.165, 1.54) is 19.1 Å². The molecule has 0 saturated carbocycles. The average molecular weight is 262 g/mol. The van der Waals surface area contributed by atoms with Gasteiger partial charge >= 0.3 is 0 Å². The number of nitrogens with zero attached hydrogens (tertiary/aromatic N) is 1. The van der Waals surface area contributed by atoms with Gasteiger partial charge in [0.15, 0.2) is 5.78 Å². The fourth-order valence-electron chi connectivity index (χ4n) is 1.98. The van der Waals surface area contributed by atoms with Gasteiger partial charge < -0.3 is 5.11 Å². The Morgan fingerprint density at radius 2 is 1.95 bits per heavy atom. The highest BCUT2D eigenvalue weighted by Crippen LogP contribution is 2.21. The van der Waals surface area contributed by atoms with E-state index < -0.39 is 0 Å². The molecule has 1 aromatic rings. The van der Waals surface area contributed by atoms with Crippen molar-refractivity contribution < 1.29 is 19.5 Å². The molecule has 0 bridgehead atoms. The van der Waals surface area contributed by atoms with E-state index in [4.69, 9.17) is 0 Å². The van der Waals surface area contributed by atoms with Crippen LogP contribution in [0.3, 0.4) is 0 Å². The van der Waals surface area contributed by atoms with Crippen molar-refractivity contribution >= 4 is 17.6 Å².